The standard InChI is InChI=1S/C24H25FN2O4S/c1-4-22(31-23-8-6-5-7-20(23)25)24(28)26-18-10-12-19(13-11-18)32(29,30)27-21-14-9-16(2)15-17(21)3/h5-15,22,27H,4H2,1-3H3,(H,26,28)/t22-/m0/s1. The van der Waals surface area contributed by atoms with Gasteiger partial charge in [0.05, 0.1) is 10.6 Å². The van der Waals surface area contributed by atoms with Gasteiger partial charge in [-0.1, -0.05) is 36.8 Å². The van der Waals surface area contributed by atoms with E-state index in [1.54, 1.807) is 19.1 Å². The van der Waals surface area contributed by atoms with Crippen molar-refractivity contribution in [2.24, 2.45) is 0 Å². The highest BCUT2D eigenvalue weighted by Gasteiger charge is 2.21. The third-order valence-electron chi connectivity index (χ3n) is 4.83. The van der Waals surface area contributed by atoms with Gasteiger partial charge < -0.3 is 10.1 Å². The van der Waals surface area contributed by atoms with E-state index in [0.29, 0.717) is 17.8 Å². The first kappa shape index (κ1) is 23.3. The Kier molecular flexibility index (Phi) is 7.15. The van der Waals surface area contributed by atoms with Crippen molar-refractivity contribution in [1.82, 2.24) is 0 Å². The van der Waals surface area contributed by atoms with E-state index in [1.165, 1.54) is 42.5 Å². The van der Waals surface area contributed by atoms with E-state index in [-0.39, 0.29) is 10.6 Å². The van der Waals surface area contributed by atoms with Gasteiger partial charge in [-0.25, -0.2) is 12.8 Å². The molecule has 0 fully saturated rings. The second-order valence-corrected chi connectivity index (χ2v) is 9.07. The molecule has 0 aliphatic rings. The Hall–Kier alpha value is -3.39. The average Bonchev–Trinajstić information content (AvgIpc) is 2.75. The molecule has 8 heteroatoms. The topological polar surface area (TPSA) is 84.5 Å². The van der Waals surface area contributed by atoms with Gasteiger partial charge in [0.1, 0.15) is 0 Å². The summed E-state index contributed by atoms with van der Waals surface area (Å²) in [5, 5.41) is 2.67. The van der Waals surface area contributed by atoms with E-state index in [9.17, 15) is 17.6 Å². The first-order valence-corrected chi connectivity index (χ1v) is 11.6. The molecule has 3 rings (SSSR count). The summed E-state index contributed by atoms with van der Waals surface area (Å²) >= 11 is 0. The number of hydrogen-bond acceptors (Lipinski definition) is 4. The van der Waals surface area contributed by atoms with Crippen LogP contribution in [0.5, 0.6) is 5.75 Å². The molecule has 1 amide bonds. The predicted molar refractivity (Wildman–Crippen MR) is 123 cm³/mol. The highest BCUT2D eigenvalue weighted by atomic mass is 32.2. The lowest BCUT2D eigenvalue weighted by Gasteiger charge is -2.18. The van der Waals surface area contributed by atoms with Crippen LogP contribution in [0.2, 0.25) is 0 Å². The van der Waals surface area contributed by atoms with E-state index < -0.39 is 27.9 Å². The number of amides is 1. The molecule has 0 saturated carbocycles. The summed E-state index contributed by atoms with van der Waals surface area (Å²) in [7, 11) is -3.79. The molecule has 0 saturated heterocycles. The van der Waals surface area contributed by atoms with Gasteiger partial charge in [-0.15, -0.1) is 0 Å². The molecule has 0 heterocycles. The molecule has 6 nitrogen and oxygen atoms in total. The molecule has 168 valence electrons. The van der Waals surface area contributed by atoms with E-state index in [0.717, 1.165) is 11.1 Å². The Bertz CT molecular complexity index is 1210. The van der Waals surface area contributed by atoms with Crippen molar-refractivity contribution in [2.75, 3.05) is 10.0 Å². The number of ether oxygens (including phenoxy) is 1. The molecule has 0 radical (unpaired) electrons. The molecule has 0 aromatic heterocycles. The van der Waals surface area contributed by atoms with Gasteiger partial charge in [0.15, 0.2) is 17.7 Å². The number of para-hydroxylation sites is 1. The SMILES string of the molecule is CC[C@H](Oc1ccccc1F)C(=O)Nc1ccc(S(=O)(=O)Nc2ccc(C)cc2C)cc1. The number of halogens is 1. The van der Waals surface area contributed by atoms with E-state index in [2.05, 4.69) is 10.0 Å². The summed E-state index contributed by atoms with van der Waals surface area (Å²) in [6, 6.07) is 17.1. The van der Waals surface area contributed by atoms with Crippen molar-refractivity contribution >= 4 is 27.3 Å². The lowest BCUT2D eigenvalue weighted by molar-refractivity contribution is -0.122. The summed E-state index contributed by atoms with van der Waals surface area (Å²) in [4.78, 5) is 12.6. The van der Waals surface area contributed by atoms with Crippen LogP contribution in [0.4, 0.5) is 15.8 Å². The van der Waals surface area contributed by atoms with Crippen LogP contribution in [-0.2, 0) is 14.8 Å². The second-order valence-electron chi connectivity index (χ2n) is 7.38. The van der Waals surface area contributed by atoms with Crippen molar-refractivity contribution in [3.63, 3.8) is 0 Å². The molecule has 0 aliphatic heterocycles. The fraction of sp³-hybridized carbons (Fsp3) is 0.208. The lowest BCUT2D eigenvalue weighted by atomic mass is 10.1. The number of sulfonamides is 1. The van der Waals surface area contributed by atoms with Gasteiger partial charge >= 0.3 is 0 Å². The lowest BCUT2D eigenvalue weighted by Crippen LogP contribution is -2.32. The van der Waals surface area contributed by atoms with Gasteiger partial charge in [0.2, 0.25) is 0 Å². The first-order chi connectivity index (χ1) is 15.2. The van der Waals surface area contributed by atoms with Crippen molar-refractivity contribution in [3.05, 3.63) is 83.7 Å². The fourth-order valence-corrected chi connectivity index (χ4v) is 4.22. The Balaban J connectivity index is 1.69. The minimum Gasteiger partial charge on any atom is -0.478 e. The number of aryl methyl sites for hydroxylation is 2. The quantitative estimate of drug-likeness (QED) is 0.497. The van der Waals surface area contributed by atoms with Crippen LogP contribution in [0, 0.1) is 19.7 Å². The van der Waals surface area contributed by atoms with Crippen molar-refractivity contribution < 1.29 is 22.3 Å². The predicted octanol–water partition coefficient (Wildman–Crippen LogP) is 5.04. The van der Waals surface area contributed by atoms with Crippen LogP contribution >= 0.6 is 0 Å². The molecule has 0 aliphatic carbocycles. The van der Waals surface area contributed by atoms with Crippen LogP contribution < -0.4 is 14.8 Å². The third kappa shape index (κ3) is 5.64. The zero-order valence-electron chi connectivity index (χ0n) is 18.1. The second kappa shape index (κ2) is 9.82. The molecule has 1 atom stereocenters. The minimum absolute atomic E-state index is 0.00610. The monoisotopic (exact) mass is 456 g/mol. The molecule has 0 bridgehead atoms. The van der Waals surface area contributed by atoms with Gasteiger partial charge in [0, 0.05) is 5.69 Å². The zero-order valence-corrected chi connectivity index (χ0v) is 18.9. The zero-order chi connectivity index (χ0) is 23.3. The smallest absolute Gasteiger partial charge is 0.265 e. The Labute approximate surface area is 187 Å². The van der Waals surface area contributed by atoms with Crippen molar-refractivity contribution in [3.8, 4) is 5.75 Å². The minimum atomic E-state index is -3.79. The maximum Gasteiger partial charge on any atom is 0.265 e. The fourth-order valence-electron chi connectivity index (χ4n) is 3.09. The summed E-state index contributed by atoms with van der Waals surface area (Å²) in [5.41, 5.74) is 2.76. The van der Waals surface area contributed by atoms with Crippen LogP contribution in [0.25, 0.3) is 0 Å². The number of benzene rings is 3. The van der Waals surface area contributed by atoms with E-state index in [1.807, 2.05) is 26.0 Å². The summed E-state index contributed by atoms with van der Waals surface area (Å²) < 4.78 is 47.3. The maximum atomic E-state index is 13.8. The van der Waals surface area contributed by atoms with Crippen LogP contribution in [0.3, 0.4) is 0 Å². The number of rotatable bonds is 8. The molecule has 0 unspecified atom stereocenters. The van der Waals surface area contributed by atoms with Crippen molar-refractivity contribution in [1.29, 1.82) is 0 Å². The highest BCUT2D eigenvalue weighted by molar-refractivity contribution is 7.92. The molecular weight excluding hydrogens is 431 g/mol. The number of nitrogens with one attached hydrogen (secondary N) is 2. The molecule has 0 spiro atoms. The molecule has 3 aromatic carbocycles. The van der Waals surface area contributed by atoms with Crippen LogP contribution in [-0.4, -0.2) is 20.4 Å². The number of carbonyl (C=O) groups excluding carboxylic acids is 1. The largest absolute Gasteiger partial charge is 0.478 e. The average molecular weight is 457 g/mol. The Morgan fingerprint density at radius 3 is 2.34 bits per heavy atom. The summed E-state index contributed by atoms with van der Waals surface area (Å²) in [6.45, 7) is 5.51. The number of anilines is 2. The van der Waals surface area contributed by atoms with Crippen molar-refractivity contribution in [2.45, 2.75) is 38.2 Å². The number of hydrogen-bond donors (Lipinski definition) is 2. The Morgan fingerprint density at radius 2 is 1.72 bits per heavy atom. The summed E-state index contributed by atoms with van der Waals surface area (Å²) in [5.74, 6) is -1.02. The van der Waals surface area contributed by atoms with E-state index >= 15 is 0 Å². The maximum absolute atomic E-state index is 13.8. The van der Waals surface area contributed by atoms with Crippen LogP contribution in [0.1, 0.15) is 24.5 Å². The normalized spacial score (nSPS) is 12.1. The van der Waals surface area contributed by atoms with E-state index in [4.69, 9.17) is 4.74 Å². The molecule has 2 N–H and O–H groups in total. The van der Waals surface area contributed by atoms with Gasteiger partial charge in [0.25, 0.3) is 15.9 Å². The Morgan fingerprint density at radius 1 is 1.03 bits per heavy atom. The van der Waals surface area contributed by atoms with Crippen LogP contribution in [0.15, 0.2) is 71.6 Å². The third-order valence-corrected chi connectivity index (χ3v) is 6.21. The molecular formula is C24H25FN2O4S. The highest BCUT2D eigenvalue weighted by Crippen LogP contribution is 2.23. The first-order valence-electron chi connectivity index (χ1n) is 10.1. The molecule has 3 aromatic rings. The number of carbonyl (C=O) groups is 1. The molecule has 32 heavy (non-hydrogen) atoms. The van der Waals surface area contributed by atoms with Gasteiger partial charge in [-0.05, 0) is 68.3 Å². The summed E-state index contributed by atoms with van der Waals surface area (Å²) in [6.07, 6.45) is -0.576. The van der Waals surface area contributed by atoms with Gasteiger partial charge in [-0.3, -0.25) is 9.52 Å². The van der Waals surface area contributed by atoms with Gasteiger partial charge in [-0.2, -0.15) is 0 Å².